The van der Waals surface area contributed by atoms with E-state index in [1.54, 1.807) is 0 Å². The summed E-state index contributed by atoms with van der Waals surface area (Å²) in [5, 5.41) is 0. The van der Waals surface area contributed by atoms with Gasteiger partial charge < -0.3 is 9.47 Å². The molecule has 0 spiro atoms. The Hall–Kier alpha value is -0.830. The highest BCUT2D eigenvalue weighted by Gasteiger charge is 2.25. The number of rotatable bonds is 10. The normalized spacial score (nSPS) is 23.1. The van der Waals surface area contributed by atoms with E-state index in [4.69, 9.17) is 9.47 Å². The van der Waals surface area contributed by atoms with Crippen molar-refractivity contribution in [2.24, 2.45) is 11.8 Å². The molecule has 3 nitrogen and oxygen atoms in total. The fraction of sp³-hybridized carbons (Fsp3) is 0.864. The van der Waals surface area contributed by atoms with Gasteiger partial charge in [0.05, 0.1) is 19.1 Å². The third-order valence-electron chi connectivity index (χ3n) is 5.93. The number of esters is 1. The van der Waals surface area contributed by atoms with Crippen LogP contribution in [0.5, 0.6) is 0 Å². The molecule has 0 amide bonds. The molecule has 0 N–H and O–H groups in total. The standard InChI is InChI=1S/C22H38O3/c1-3-4-15-25-21-12-8-11-19(17-21)16-20(22(23)24-2)14-13-18-9-6-5-7-10-18/h17-18,20-21H,3-16H2,1-2H3/t20-,21+/m0/s1. The minimum Gasteiger partial charge on any atom is -0.469 e. The fourth-order valence-corrected chi connectivity index (χ4v) is 4.34. The minimum absolute atomic E-state index is 0.0225. The lowest BCUT2D eigenvalue weighted by molar-refractivity contribution is -0.145. The number of methoxy groups -OCH3 is 1. The summed E-state index contributed by atoms with van der Waals surface area (Å²) in [5.41, 5.74) is 1.41. The van der Waals surface area contributed by atoms with Crippen molar-refractivity contribution in [3.8, 4) is 0 Å². The van der Waals surface area contributed by atoms with E-state index in [1.165, 1.54) is 64.0 Å². The van der Waals surface area contributed by atoms with E-state index in [2.05, 4.69) is 13.0 Å². The SMILES string of the molecule is CCCCO[C@H]1C=C(C[C@H](CCC2CCCCC2)C(=O)OC)CCC1. The van der Waals surface area contributed by atoms with E-state index in [0.717, 1.165) is 44.6 Å². The van der Waals surface area contributed by atoms with E-state index in [1.807, 2.05) is 0 Å². The van der Waals surface area contributed by atoms with Crippen LogP contribution in [0.3, 0.4) is 0 Å². The largest absolute Gasteiger partial charge is 0.469 e. The maximum absolute atomic E-state index is 12.3. The third-order valence-corrected chi connectivity index (χ3v) is 5.93. The van der Waals surface area contributed by atoms with E-state index >= 15 is 0 Å². The van der Waals surface area contributed by atoms with E-state index in [9.17, 15) is 4.79 Å². The van der Waals surface area contributed by atoms with E-state index < -0.39 is 0 Å². The van der Waals surface area contributed by atoms with Crippen molar-refractivity contribution in [1.29, 1.82) is 0 Å². The molecule has 1 fully saturated rings. The van der Waals surface area contributed by atoms with Crippen molar-refractivity contribution in [3.05, 3.63) is 11.6 Å². The van der Waals surface area contributed by atoms with Gasteiger partial charge in [-0.2, -0.15) is 0 Å². The van der Waals surface area contributed by atoms with Gasteiger partial charge in [-0.1, -0.05) is 57.1 Å². The first-order valence-electron chi connectivity index (χ1n) is 10.6. The molecule has 0 saturated heterocycles. The Kier molecular flexibility index (Phi) is 9.60. The van der Waals surface area contributed by atoms with Gasteiger partial charge in [-0.25, -0.2) is 0 Å². The van der Waals surface area contributed by atoms with Crippen LogP contribution in [-0.2, 0) is 14.3 Å². The van der Waals surface area contributed by atoms with Crippen LogP contribution in [0.1, 0.15) is 90.4 Å². The second kappa shape index (κ2) is 11.7. The highest BCUT2D eigenvalue weighted by molar-refractivity contribution is 5.72. The highest BCUT2D eigenvalue weighted by Crippen LogP contribution is 2.32. The molecule has 2 aliphatic rings. The third kappa shape index (κ3) is 7.52. The monoisotopic (exact) mass is 350 g/mol. The maximum Gasteiger partial charge on any atom is 0.308 e. The minimum atomic E-state index is -0.0225. The van der Waals surface area contributed by atoms with Crippen LogP contribution in [0.2, 0.25) is 0 Å². The summed E-state index contributed by atoms with van der Waals surface area (Å²) < 4.78 is 11.1. The molecule has 0 unspecified atom stereocenters. The molecule has 0 heterocycles. The summed E-state index contributed by atoms with van der Waals surface area (Å²) in [4.78, 5) is 12.3. The molecule has 0 aromatic carbocycles. The van der Waals surface area contributed by atoms with Crippen LogP contribution in [0, 0.1) is 11.8 Å². The molecule has 1 saturated carbocycles. The van der Waals surface area contributed by atoms with Gasteiger partial charge in [0, 0.05) is 6.61 Å². The Balaban J connectivity index is 1.85. The highest BCUT2D eigenvalue weighted by atomic mass is 16.5. The molecular weight excluding hydrogens is 312 g/mol. The first kappa shape index (κ1) is 20.5. The summed E-state index contributed by atoms with van der Waals surface area (Å²) >= 11 is 0. The first-order chi connectivity index (χ1) is 12.2. The molecule has 144 valence electrons. The second-order valence-electron chi connectivity index (χ2n) is 7.99. The van der Waals surface area contributed by atoms with Crippen molar-refractivity contribution in [1.82, 2.24) is 0 Å². The Labute approximate surface area is 154 Å². The zero-order valence-corrected chi connectivity index (χ0v) is 16.4. The summed E-state index contributed by atoms with van der Waals surface area (Å²) in [7, 11) is 1.53. The molecule has 0 aromatic heterocycles. The molecule has 3 heteroatoms. The molecule has 0 aliphatic heterocycles. The zero-order chi connectivity index (χ0) is 17.9. The van der Waals surface area contributed by atoms with Crippen LogP contribution in [0.4, 0.5) is 0 Å². The number of hydrogen-bond acceptors (Lipinski definition) is 3. The van der Waals surface area contributed by atoms with Crippen molar-refractivity contribution < 1.29 is 14.3 Å². The smallest absolute Gasteiger partial charge is 0.308 e. The lowest BCUT2D eigenvalue weighted by atomic mass is 9.82. The predicted octanol–water partition coefficient (Wildman–Crippen LogP) is 5.82. The molecule has 0 radical (unpaired) electrons. The number of allylic oxidation sites excluding steroid dienone is 1. The number of ether oxygens (including phenoxy) is 2. The molecule has 2 aliphatic carbocycles. The average molecular weight is 351 g/mol. The van der Waals surface area contributed by atoms with E-state index in [0.29, 0.717) is 0 Å². The second-order valence-corrected chi connectivity index (χ2v) is 7.99. The molecular formula is C22H38O3. The van der Waals surface area contributed by atoms with Gasteiger partial charge in [0.15, 0.2) is 0 Å². The van der Waals surface area contributed by atoms with Crippen LogP contribution >= 0.6 is 0 Å². The molecule has 2 atom stereocenters. The summed E-state index contributed by atoms with van der Waals surface area (Å²) in [6.45, 7) is 3.05. The molecule has 0 bridgehead atoms. The average Bonchev–Trinajstić information content (AvgIpc) is 2.66. The summed E-state index contributed by atoms with van der Waals surface area (Å²) in [5.74, 6) is 0.838. The van der Waals surface area contributed by atoms with E-state index in [-0.39, 0.29) is 18.0 Å². The van der Waals surface area contributed by atoms with Gasteiger partial charge in [0.25, 0.3) is 0 Å². The Morgan fingerprint density at radius 1 is 1.20 bits per heavy atom. The Morgan fingerprint density at radius 2 is 2.00 bits per heavy atom. The van der Waals surface area contributed by atoms with Crippen LogP contribution in [0.25, 0.3) is 0 Å². The number of carbonyl (C=O) groups is 1. The van der Waals surface area contributed by atoms with Crippen LogP contribution < -0.4 is 0 Å². The van der Waals surface area contributed by atoms with Crippen molar-refractivity contribution in [2.45, 2.75) is 96.5 Å². The van der Waals surface area contributed by atoms with Gasteiger partial charge in [0.2, 0.25) is 0 Å². The number of hydrogen-bond donors (Lipinski definition) is 0. The lowest BCUT2D eigenvalue weighted by Crippen LogP contribution is -2.21. The lowest BCUT2D eigenvalue weighted by Gasteiger charge is -2.26. The Bertz CT molecular complexity index is 409. The summed E-state index contributed by atoms with van der Waals surface area (Å²) in [6.07, 6.45) is 18.2. The number of unbranched alkanes of at least 4 members (excludes halogenated alkanes) is 1. The maximum atomic E-state index is 12.3. The Morgan fingerprint density at radius 3 is 2.72 bits per heavy atom. The van der Waals surface area contributed by atoms with Gasteiger partial charge in [-0.3, -0.25) is 4.79 Å². The van der Waals surface area contributed by atoms with Crippen molar-refractivity contribution in [3.63, 3.8) is 0 Å². The van der Waals surface area contributed by atoms with Crippen molar-refractivity contribution >= 4 is 5.97 Å². The van der Waals surface area contributed by atoms with Gasteiger partial charge in [-0.05, 0) is 50.9 Å². The fourth-order valence-electron chi connectivity index (χ4n) is 4.34. The van der Waals surface area contributed by atoms with Gasteiger partial charge >= 0.3 is 5.97 Å². The first-order valence-corrected chi connectivity index (χ1v) is 10.6. The van der Waals surface area contributed by atoms with Crippen LogP contribution in [0.15, 0.2) is 11.6 Å². The topological polar surface area (TPSA) is 35.5 Å². The number of carbonyl (C=O) groups excluding carboxylic acids is 1. The van der Waals surface area contributed by atoms with Crippen molar-refractivity contribution in [2.75, 3.05) is 13.7 Å². The zero-order valence-electron chi connectivity index (χ0n) is 16.4. The molecule has 0 aromatic rings. The summed E-state index contributed by atoms with van der Waals surface area (Å²) in [6, 6.07) is 0. The van der Waals surface area contributed by atoms with Crippen LogP contribution in [-0.4, -0.2) is 25.8 Å². The molecule has 2 rings (SSSR count). The van der Waals surface area contributed by atoms with Gasteiger partial charge in [-0.15, -0.1) is 0 Å². The van der Waals surface area contributed by atoms with Gasteiger partial charge in [0.1, 0.15) is 0 Å². The predicted molar refractivity (Wildman–Crippen MR) is 103 cm³/mol. The quantitative estimate of drug-likeness (QED) is 0.283. The molecule has 25 heavy (non-hydrogen) atoms.